The van der Waals surface area contributed by atoms with E-state index >= 15 is 0 Å². The molecule has 0 radical (unpaired) electrons. The molecule has 1 aromatic rings. The van der Waals surface area contributed by atoms with E-state index in [1.165, 1.54) is 5.56 Å². The van der Waals surface area contributed by atoms with Gasteiger partial charge in [-0.2, -0.15) is 0 Å². The molecule has 0 bridgehead atoms. The van der Waals surface area contributed by atoms with Crippen LogP contribution in [0, 0.1) is 6.92 Å². The standard InChI is InChI=1S/C10H14FNS/c1-8-3-4-9(12)10(7-8)13-6-2-5-11/h3-4,7H,2,5-6,12H2,1H3. The van der Waals surface area contributed by atoms with Crippen LogP contribution in [-0.2, 0) is 0 Å². The Hall–Kier alpha value is -0.700. The van der Waals surface area contributed by atoms with Crippen LogP contribution in [0.3, 0.4) is 0 Å². The minimum absolute atomic E-state index is 0.251. The lowest BCUT2D eigenvalue weighted by molar-refractivity contribution is 0.489. The average Bonchev–Trinajstić information content (AvgIpc) is 2.11. The number of nitrogen functional groups attached to an aromatic ring is 1. The van der Waals surface area contributed by atoms with E-state index in [1.807, 2.05) is 25.1 Å². The maximum atomic E-state index is 11.8. The van der Waals surface area contributed by atoms with E-state index in [9.17, 15) is 4.39 Å². The Labute approximate surface area is 82.5 Å². The Morgan fingerprint density at radius 3 is 2.92 bits per heavy atom. The van der Waals surface area contributed by atoms with Gasteiger partial charge in [0.1, 0.15) is 0 Å². The van der Waals surface area contributed by atoms with Gasteiger partial charge in [-0.15, -0.1) is 11.8 Å². The topological polar surface area (TPSA) is 26.0 Å². The molecule has 0 atom stereocenters. The van der Waals surface area contributed by atoms with E-state index in [0.29, 0.717) is 6.42 Å². The summed E-state index contributed by atoms with van der Waals surface area (Å²) in [4.78, 5) is 1.06. The Morgan fingerprint density at radius 2 is 2.23 bits per heavy atom. The Kier molecular flexibility index (Phi) is 4.09. The van der Waals surface area contributed by atoms with Crippen molar-refractivity contribution in [3.8, 4) is 0 Å². The second-order valence-corrected chi connectivity index (χ2v) is 4.07. The third kappa shape index (κ3) is 3.27. The van der Waals surface area contributed by atoms with E-state index in [0.717, 1.165) is 16.3 Å². The first-order valence-corrected chi connectivity index (χ1v) is 5.27. The van der Waals surface area contributed by atoms with Crippen LogP contribution in [0.2, 0.25) is 0 Å². The van der Waals surface area contributed by atoms with Crippen molar-refractivity contribution < 1.29 is 4.39 Å². The number of nitrogens with two attached hydrogens (primary N) is 1. The highest BCUT2D eigenvalue weighted by atomic mass is 32.2. The van der Waals surface area contributed by atoms with Gasteiger partial charge in [-0.3, -0.25) is 4.39 Å². The molecule has 0 unspecified atom stereocenters. The molecule has 3 heteroatoms. The Bertz CT molecular complexity index is 276. The van der Waals surface area contributed by atoms with E-state index in [2.05, 4.69) is 0 Å². The number of aryl methyl sites for hydroxylation is 1. The fourth-order valence-corrected chi connectivity index (χ4v) is 1.98. The number of rotatable bonds is 4. The second-order valence-electron chi connectivity index (χ2n) is 2.93. The molecule has 0 spiro atoms. The second kappa shape index (κ2) is 5.12. The third-order valence-electron chi connectivity index (χ3n) is 1.70. The van der Waals surface area contributed by atoms with Crippen molar-refractivity contribution in [3.05, 3.63) is 23.8 Å². The van der Waals surface area contributed by atoms with Crippen LogP contribution in [0.15, 0.2) is 23.1 Å². The summed E-state index contributed by atoms with van der Waals surface area (Å²) in [5.41, 5.74) is 7.74. The number of hydrogen-bond donors (Lipinski definition) is 1. The lowest BCUT2D eigenvalue weighted by Gasteiger charge is -2.05. The Morgan fingerprint density at radius 1 is 1.46 bits per heavy atom. The van der Waals surface area contributed by atoms with Crippen LogP contribution < -0.4 is 5.73 Å². The molecular formula is C10H14FNS. The summed E-state index contributed by atoms with van der Waals surface area (Å²) in [5.74, 6) is 0.796. The summed E-state index contributed by atoms with van der Waals surface area (Å²) in [6.07, 6.45) is 0.595. The van der Waals surface area contributed by atoms with E-state index in [-0.39, 0.29) is 6.67 Å². The molecule has 0 amide bonds. The highest BCUT2D eigenvalue weighted by Gasteiger charge is 1.99. The monoisotopic (exact) mass is 199 g/mol. The molecule has 0 aliphatic heterocycles. The van der Waals surface area contributed by atoms with E-state index in [4.69, 9.17) is 5.73 Å². The number of halogens is 1. The van der Waals surface area contributed by atoms with Gasteiger partial charge in [0.2, 0.25) is 0 Å². The fourth-order valence-electron chi connectivity index (χ4n) is 1.00. The number of thioether (sulfide) groups is 1. The number of alkyl halides is 1. The van der Waals surface area contributed by atoms with Crippen LogP contribution in [0.25, 0.3) is 0 Å². The maximum Gasteiger partial charge on any atom is 0.0902 e. The summed E-state index contributed by atoms with van der Waals surface area (Å²) in [5, 5.41) is 0. The number of anilines is 1. The molecule has 0 aliphatic rings. The van der Waals surface area contributed by atoms with Gasteiger partial charge < -0.3 is 5.73 Å². The van der Waals surface area contributed by atoms with Gasteiger partial charge in [-0.05, 0) is 31.0 Å². The first-order chi connectivity index (χ1) is 6.24. The zero-order valence-corrected chi connectivity index (χ0v) is 8.53. The van der Waals surface area contributed by atoms with Crippen molar-refractivity contribution in [2.75, 3.05) is 18.2 Å². The van der Waals surface area contributed by atoms with Gasteiger partial charge in [-0.1, -0.05) is 6.07 Å². The van der Waals surface area contributed by atoms with Gasteiger partial charge in [0.05, 0.1) is 6.67 Å². The number of hydrogen-bond acceptors (Lipinski definition) is 2. The normalized spacial score (nSPS) is 10.3. The van der Waals surface area contributed by atoms with Crippen LogP contribution in [0.5, 0.6) is 0 Å². The van der Waals surface area contributed by atoms with Crippen molar-refractivity contribution in [1.82, 2.24) is 0 Å². The van der Waals surface area contributed by atoms with Crippen molar-refractivity contribution >= 4 is 17.4 Å². The molecule has 2 N–H and O–H groups in total. The van der Waals surface area contributed by atoms with Gasteiger partial charge in [0, 0.05) is 16.3 Å². The molecule has 1 aromatic carbocycles. The fraction of sp³-hybridized carbons (Fsp3) is 0.400. The highest BCUT2D eigenvalue weighted by molar-refractivity contribution is 7.99. The summed E-state index contributed by atoms with van der Waals surface area (Å²) in [6.45, 7) is 1.78. The van der Waals surface area contributed by atoms with Crippen molar-refractivity contribution in [1.29, 1.82) is 0 Å². The first kappa shape index (κ1) is 10.4. The van der Waals surface area contributed by atoms with Crippen molar-refractivity contribution in [2.24, 2.45) is 0 Å². The molecule has 0 saturated carbocycles. The molecule has 1 nitrogen and oxygen atoms in total. The molecule has 0 aliphatic carbocycles. The third-order valence-corrected chi connectivity index (χ3v) is 2.86. The average molecular weight is 199 g/mol. The predicted octanol–water partition coefficient (Wildman–Crippen LogP) is 3.03. The Balaban J connectivity index is 2.59. The zero-order valence-electron chi connectivity index (χ0n) is 7.72. The quantitative estimate of drug-likeness (QED) is 0.458. The van der Waals surface area contributed by atoms with Gasteiger partial charge in [0.15, 0.2) is 0 Å². The summed E-state index contributed by atoms with van der Waals surface area (Å²) < 4.78 is 11.8. The summed E-state index contributed by atoms with van der Waals surface area (Å²) in [6, 6.07) is 5.92. The molecule has 0 fully saturated rings. The summed E-state index contributed by atoms with van der Waals surface area (Å²) >= 11 is 1.62. The summed E-state index contributed by atoms with van der Waals surface area (Å²) in [7, 11) is 0. The zero-order chi connectivity index (χ0) is 9.68. The van der Waals surface area contributed by atoms with Gasteiger partial charge in [-0.25, -0.2) is 0 Å². The van der Waals surface area contributed by atoms with Crippen LogP contribution >= 0.6 is 11.8 Å². The highest BCUT2D eigenvalue weighted by Crippen LogP contribution is 2.26. The first-order valence-electron chi connectivity index (χ1n) is 4.29. The van der Waals surface area contributed by atoms with E-state index < -0.39 is 0 Å². The smallest absolute Gasteiger partial charge is 0.0902 e. The molecule has 0 aromatic heterocycles. The van der Waals surface area contributed by atoms with E-state index in [1.54, 1.807) is 11.8 Å². The molecule has 0 saturated heterocycles. The van der Waals surface area contributed by atoms with Crippen LogP contribution in [-0.4, -0.2) is 12.4 Å². The maximum absolute atomic E-state index is 11.8. The molecule has 0 heterocycles. The van der Waals surface area contributed by atoms with Crippen molar-refractivity contribution in [3.63, 3.8) is 0 Å². The predicted molar refractivity (Wildman–Crippen MR) is 56.9 cm³/mol. The van der Waals surface area contributed by atoms with Crippen LogP contribution in [0.4, 0.5) is 10.1 Å². The van der Waals surface area contributed by atoms with Gasteiger partial charge >= 0.3 is 0 Å². The largest absolute Gasteiger partial charge is 0.398 e. The minimum Gasteiger partial charge on any atom is -0.398 e. The lowest BCUT2D eigenvalue weighted by Crippen LogP contribution is -1.90. The minimum atomic E-state index is -0.251. The van der Waals surface area contributed by atoms with Gasteiger partial charge in [0.25, 0.3) is 0 Å². The SMILES string of the molecule is Cc1ccc(N)c(SCCCF)c1. The molecule has 13 heavy (non-hydrogen) atoms. The lowest BCUT2D eigenvalue weighted by atomic mass is 10.2. The molecular weight excluding hydrogens is 185 g/mol. The molecule has 72 valence electrons. The van der Waals surface area contributed by atoms with Crippen LogP contribution in [0.1, 0.15) is 12.0 Å². The van der Waals surface area contributed by atoms with Crippen molar-refractivity contribution in [2.45, 2.75) is 18.2 Å². The number of benzene rings is 1. The molecule has 1 rings (SSSR count).